The molecule has 23 heavy (non-hydrogen) atoms. The summed E-state index contributed by atoms with van der Waals surface area (Å²) in [5, 5.41) is 6.53. The first-order valence-corrected chi connectivity index (χ1v) is 6.80. The summed E-state index contributed by atoms with van der Waals surface area (Å²) >= 11 is 0. The zero-order valence-electron chi connectivity index (χ0n) is 12.9. The molecule has 2 rings (SSSR count). The SMILES string of the molecule is Cc1nn(C)c(C)c1OC(=O)NCc1cccc(C(F)(F)F)c1. The van der Waals surface area contributed by atoms with Gasteiger partial charge in [0.05, 0.1) is 11.3 Å². The van der Waals surface area contributed by atoms with E-state index >= 15 is 0 Å². The van der Waals surface area contributed by atoms with Gasteiger partial charge in [0.15, 0.2) is 5.75 Å². The summed E-state index contributed by atoms with van der Waals surface area (Å²) in [7, 11) is 1.72. The van der Waals surface area contributed by atoms with Crippen molar-refractivity contribution in [3.8, 4) is 5.75 Å². The number of halogens is 3. The second-order valence-corrected chi connectivity index (χ2v) is 5.06. The highest BCUT2D eigenvalue weighted by Gasteiger charge is 2.30. The molecule has 0 atom stereocenters. The van der Waals surface area contributed by atoms with Gasteiger partial charge in [0.25, 0.3) is 0 Å². The summed E-state index contributed by atoms with van der Waals surface area (Å²) in [6, 6.07) is 4.75. The molecular weight excluding hydrogens is 311 g/mol. The van der Waals surface area contributed by atoms with E-state index in [-0.39, 0.29) is 6.54 Å². The predicted octanol–water partition coefficient (Wildman–Crippen LogP) is 3.34. The van der Waals surface area contributed by atoms with Crippen LogP contribution in [-0.4, -0.2) is 15.9 Å². The van der Waals surface area contributed by atoms with Crippen LogP contribution in [0.2, 0.25) is 0 Å². The lowest BCUT2D eigenvalue weighted by atomic mass is 10.1. The Balaban J connectivity index is 2.00. The number of hydrogen-bond acceptors (Lipinski definition) is 3. The van der Waals surface area contributed by atoms with Crippen LogP contribution < -0.4 is 10.1 Å². The highest BCUT2D eigenvalue weighted by atomic mass is 19.4. The van der Waals surface area contributed by atoms with Crippen molar-refractivity contribution in [1.29, 1.82) is 0 Å². The Labute approximate surface area is 131 Å². The van der Waals surface area contributed by atoms with E-state index in [0.29, 0.717) is 22.7 Å². The average Bonchev–Trinajstić information content (AvgIpc) is 2.71. The fourth-order valence-corrected chi connectivity index (χ4v) is 2.06. The van der Waals surface area contributed by atoms with Crippen molar-refractivity contribution in [2.45, 2.75) is 26.6 Å². The van der Waals surface area contributed by atoms with Crippen molar-refractivity contribution >= 4 is 6.09 Å². The van der Waals surface area contributed by atoms with Crippen LogP contribution in [0.5, 0.6) is 5.75 Å². The van der Waals surface area contributed by atoms with Crippen LogP contribution in [0.25, 0.3) is 0 Å². The molecule has 1 aromatic carbocycles. The van der Waals surface area contributed by atoms with Crippen LogP contribution in [0.15, 0.2) is 24.3 Å². The number of alkyl halides is 3. The van der Waals surface area contributed by atoms with Crippen molar-refractivity contribution in [3.05, 3.63) is 46.8 Å². The molecule has 5 nitrogen and oxygen atoms in total. The minimum atomic E-state index is -4.42. The zero-order chi connectivity index (χ0) is 17.2. The maximum Gasteiger partial charge on any atom is 0.416 e. The first-order valence-electron chi connectivity index (χ1n) is 6.80. The Hall–Kier alpha value is -2.51. The van der Waals surface area contributed by atoms with Crippen LogP contribution in [0.3, 0.4) is 0 Å². The van der Waals surface area contributed by atoms with E-state index in [1.165, 1.54) is 12.1 Å². The van der Waals surface area contributed by atoms with E-state index in [1.807, 2.05) is 0 Å². The van der Waals surface area contributed by atoms with Gasteiger partial charge in [0, 0.05) is 13.6 Å². The van der Waals surface area contributed by atoms with Crippen molar-refractivity contribution in [1.82, 2.24) is 15.1 Å². The normalized spacial score (nSPS) is 11.4. The quantitative estimate of drug-likeness (QED) is 0.940. The van der Waals surface area contributed by atoms with Gasteiger partial charge in [-0.25, -0.2) is 4.79 Å². The fraction of sp³-hybridized carbons (Fsp3) is 0.333. The molecule has 0 aliphatic rings. The fourth-order valence-electron chi connectivity index (χ4n) is 2.06. The number of ether oxygens (including phenoxy) is 1. The number of rotatable bonds is 3. The van der Waals surface area contributed by atoms with Crippen LogP contribution in [0.4, 0.5) is 18.0 Å². The number of benzene rings is 1. The summed E-state index contributed by atoms with van der Waals surface area (Å²) in [5.74, 6) is 0.342. The monoisotopic (exact) mass is 327 g/mol. The molecule has 2 aromatic rings. The molecule has 8 heteroatoms. The number of amides is 1. The van der Waals surface area contributed by atoms with Crippen LogP contribution >= 0.6 is 0 Å². The lowest BCUT2D eigenvalue weighted by Gasteiger charge is -2.10. The summed E-state index contributed by atoms with van der Waals surface area (Å²) in [6.45, 7) is 3.37. The molecule has 0 aliphatic carbocycles. The average molecular weight is 327 g/mol. The first kappa shape index (κ1) is 16.9. The highest BCUT2D eigenvalue weighted by Crippen LogP contribution is 2.29. The molecular formula is C15H16F3N3O2. The van der Waals surface area contributed by atoms with Gasteiger partial charge in [-0.05, 0) is 31.5 Å². The first-order chi connectivity index (χ1) is 10.7. The van der Waals surface area contributed by atoms with Crippen molar-refractivity contribution in [2.24, 2.45) is 7.05 Å². The molecule has 0 unspecified atom stereocenters. The van der Waals surface area contributed by atoms with Crippen LogP contribution in [-0.2, 0) is 19.8 Å². The van der Waals surface area contributed by atoms with E-state index in [2.05, 4.69) is 10.4 Å². The van der Waals surface area contributed by atoms with Gasteiger partial charge in [0.2, 0.25) is 0 Å². The van der Waals surface area contributed by atoms with E-state index in [1.54, 1.807) is 25.6 Å². The van der Waals surface area contributed by atoms with Gasteiger partial charge in [0.1, 0.15) is 5.69 Å². The summed E-state index contributed by atoms with van der Waals surface area (Å²) in [5.41, 5.74) is 0.802. The second kappa shape index (κ2) is 6.31. The Morgan fingerprint density at radius 2 is 2.04 bits per heavy atom. The minimum Gasteiger partial charge on any atom is -0.406 e. The van der Waals surface area contributed by atoms with Gasteiger partial charge in [-0.2, -0.15) is 18.3 Å². The number of carbonyl (C=O) groups excluding carboxylic acids is 1. The third kappa shape index (κ3) is 4.02. The number of nitrogens with zero attached hydrogens (tertiary/aromatic N) is 2. The highest BCUT2D eigenvalue weighted by molar-refractivity contribution is 5.71. The lowest BCUT2D eigenvalue weighted by molar-refractivity contribution is -0.137. The molecule has 0 radical (unpaired) electrons. The van der Waals surface area contributed by atoms with E-state index < -0.39 is 17.8 Å². The van der Waals surface area contributed by atoms with Crippen LogP contribution in [0, 0.1) is 13.8 Å². The van der Waals surface area contributed by atoms with E-state index in [4.69, 9.17) is 4.74 Å². The maximum absolute atomic E-state index is 12.6. The predicted molar refractivity (Wildman–Crippen MR) is 77.0 cm³/mol. The lowest BCUT2D eigenvalue weighted by Crippen LogP contribution is -2.26. The molecule has 0 spiro atoms. The molecule has 1 aromatic heterocycles. The van der Waals surface area contributed by atoms with Crippen LogP contribution in [0.1, 0.15) is 22.5 Å². The molecule has 0 aliphatic heterocycles. The molecule has 124 valence electrons. The van der Waals surface area contributed by atoms with Gasteiger partial charge < -0.3 is 10.1 Å². The number of aryl methyl sites for hydroxylation is 2. The molecule has 0 bridgehead atoms. The Morgan fingerprint density at radius 1 is 1.35 bits per heavy atom. The van der Waals surface area contributed by atoms with Crippen molar-refractivity contribution in [3.63, 3.8) is 0 Å². The van der Waals surface area contributed by atoms with Crippen molar-refractivity contribution in [2.75, 3.05) is 0 Å². The molecule has 0 saturated heterocycles. The molecule has 1 N–H and O–H groups in total. The van der Waals surface area contributed by atoms with E-state index in [9.17, 15) is 18.0 Å². The second-order valence-electron chi connectivity index (χ2n) is 5.06. The third-order valence-electron chi connectivity index (χ3n) is 3.33. The summed E-state index contributed by atoms with van der Waals surface area (Å²) in [6.07, 6.45) is -5.16. The Bertz CT molecular complexity index is 723. The molecule has 0 saturated carbocycles. The minimum absolute atomic E-state index is 0.0683. The van der Waals surface area contributed by atoms with Crippen molar-refractivity contribution < 1.29 is 22.7 Å². The van der Waals surface area contributed by atoms with Gasteiger partial charge in [-0.1, -0.05) is 12.1 Å². The van der Waals surface area contributed by atoms with Gasteiger partial charge in [-0.15, -0.1) is 0 Å². The van der Waals surface area contributed by atoms with Gasteiger partial charge >= 0.3 is 12.3 Å². The number of aromatic nitrogens is 2. The molecule has 1 heterocycles. The Kier molecular flexibility index (Phi) is 4.63. The summed E-state index contributed by atoms with van der Waals surface area (Å²) < 4.78 is 44.6. The smallest absolute Gasteiger partial charge is 0.406 e. The standard InChI is InChI=1S/C15H16F3N3O2/c1-9-13(10(2)21(3)20-9)23-14(22)19-8-11-5-4-6-12(7-11)15(16,17)18/h4-7H,8H2,1-3H3,(H,19,22). The topological polar surface area (TPSA) is 56.2 Å². The number of nitrogens with one attached hydrogen (secondary N) is 1. The number of hydrogen-bond donors (Lipinski definition) is 1. The van der Waals surface area contributed by atoms with E-state index in [0.717, 1.165) is 12.1 Å². The Morgan fingerprint density at radius 3 is 2.61 bits per heavy atom. The number of carbonyl (C=O) groups is 1. The molecule has 0 fully saturated rings. The largest absolute Gasteiger partial charge is 0.416 e. The molecule has 1 amide bonds. The third-order valence-corrected chi connectivity index (χ3v) is 3.33. The summed E-state index contributed by atoms with van der Waals surface area (Å²) in [4.78, 5) is 11.8. The van der Waals surface area contributed by atoms with Gasteiger partial charge in [-0.3, -0.25) is 4.68 Å². The zero-order valence-corrected chi connectivity index (χ0v) is 12.9. The maximum atomic E-state index is 12.6.